The SMILES string of the molecule is NC(=O)CCNC(=O)c1ccc2cc[nH]c2c1. The van der Waals surface area contributed by atoms with Crippen LogP contribution in [0.2, 0.25) is 0 Å². The molecule has 0 radical (unpaired) electrons. The fourth-order valence-corrected chi connectivity index (χ4v) is 1.59. The molecule has 0 aliphatic carbocycles. The predicted octanol–water partition coefficient (Wildman–Crippen LogP) is 0.773. The number of amides is 2. The van der Waals surface area contributed by atoms with E-state index in [1.54, 1.807) is 12.1 Å². The van der Waals surface area contributed by atoms with E-state index in [1.807, 2.05) is 18.3 Å². The van der Waals surface area contributed by atoms with E-state index >= 15 is 0 Å². The van der Waals surface area contributed by atoms with Crippen molar-refractivity contribution in [2.75, 3.05) is 6.54 Å². The maximum Gasteiger partial charge on any atom is 0.251 e. The summed E-state index contributed by atoms with van der Waals surface area (Å²) in [6.07, 6.45) is 1.97. The van der Waals surface area contributed by atoms with Gasteiger partial charge in [0.05, 0.1) is 0 Å². The van der Waals surface area contributed by atoms with Crippen LogP contribution in [0.5, 0.6) is 0 Å². The van der Waals surface area contributed by atoms with E-state index in [0.29, 0.717) is 5.56 Å². The van der Waals surface area contributed by atoms with Crippen LogP contribution >= 0.6 is 0 Å². The number of hydrogen-bond acceptors (Lipinski definition) is 2. The summed E-state index contributed by atoms with van der Waals surface area (Å²) in [5.41, 5.74) is 6.45. The van der Waals surface area contributed by atoms with Crippen molar-refractivity contribution in [2.45, 2.75) is 6.42 Å². The Morgan fingerprint density at radius 2 is 2.12 bits per heavy atom. The van der Waals surface area contributed by atoms with Gasteiger partial charge in [0.15, 0.2) is 0 Å². The van der Waals surface area contributed by atoms with Crippen molar-refractivity contribution >= 4 is 22.7 Å². The van der Waals surface area contributed by atoms with E-state index in [4.69, 9.17) is 5.73 Å². The van der Waals surface area contributed by atoms with Gasteiger partial charge in [-0.3, -0.25) is 9.59 Å². The highest BCUT2D eigenvalue weighted by atomic mass is 16.2. The highest BCUT2D eigenvalue weighted by Gasteiger charge is 2.06. The van der Waals surface area contributed by atoms with Crippen LogP contribution in [0.15, 0.2) is 30.5 Å². The van der Waals surface area contributed by atoms with Gasteiger partial charge in [-0.2, -0.15) is 0 Å². The molecule has 5 nitrogen and oxygen atoms in total. The molecule has 0 atom stereocenters. The summed E-state index contributed by atoms with van der Waals surface area (Å²) in [5.74, 6) is -0.632. The Kier molecular flexibility index (Phi) is 3.09. The molecule has 5 heteroatoms. The van der Waals surface area contributed by atoms with E-state index in [9.17, 15) is 9.59 Å². The molecule has 0 aliphatic heterocycles. The van der Waals surface area contributed by atoms with Crippen molar-refractivity contribution in [2.24, 2.45) is 5.73 Å². The minimum atomic E-state index is -0.426. The third kappa shape index (κ3) is 2.63. The van der Waals surface area contributed by atoms with E-state index < -0.39 is 5.91 Å². The molecule has 1 aromatic carbocycles. The molecule has 2 aromatic rings. The predicted molar refractivity (Wildman–Crippen MR) is 64.4 cm³/mol. The second-order valence-electron chi connectivity index (χ2n) is 3.75. The highest BCUT2D eigenvalue weighted by molar-refractivity contribution is 5.98. The van der Waals surface area contributed by atoms with E-state index in [-0.39, 0.29) is 18.9 Å². The number of nitrogens with two attached hydrogens (primary N) is 1. The van der Waals surface area contributed by atoms with Gasteiger partial charge < -0.3 is 16.0 Å². The molecule has 17 heavy (non-hydrogen) atoms. The smallest absolute Gasteiger partial charge is 0.251 e. The quantitative estimate of drug-likeness (QED) is 0.725. The molecule has 0 bridgehead atoms. The Morgan fingerprint density at radius 3 is 2.88 bits per heavy atom. The first-order valence-electron chi connectivity index (χ1n) is 5.30. The van der Waals surface area contributed by atoms with Gasteiger partial charge in [-0.25, -0.2) is 0 Å². The summed E-state index contributed by atoms with van der Waals surface area (Å²) in [6.45, 7) is 0.261. The molecule has 0 spiro atoms. The Bertz CT molecular complexity index is 560. The van der Waals surface area contributed by atoms with Gasteiger partial charge in [0.25, 0.3) is 5.91 Å². The van der Waals surface area contributed by atoms with Crippen LogP contribution in [-0.2, 0) is 4.79 Å². The maximum absolute atomic E-state index is 11.7. The van der Waals surface area contributed by atoms with Gasteiger partial charge in [-0.15, -0.1) is 0 Å². The van der Waals surface area contributed by atoms with E-state index in [0.717, 1.165) is 10.9 Å². The molecular weight excluding hydrogens is 218 g/mol. The summed E-state index contributed by atoms with van der Waals surface area (Å²) in [6, 6.07) is 7.32. The van der Waals surface area contributed by atoms with E-state index in [2.05, 4.69) is 10.3 Å². The summed E-state index contributed by atoms with van der Waals surface area (Å²) in [7, 11) is 0. The summed E-state index contributed by atoms with van der Waals surface area (Å²) in [4.78, 5) is 25.3. The monoisotopic (exact) mass is 231 g/mol. The first-order chi connectivity index (χ1) is 8.16. The number of aromatic amines is 1. The molecule has 1 heterocycles. The second-order valence-corrected chi connectivity index (χ2v) is 3.75. The minimum Gasteiger partial charge on any atom is -0.370 e. The molecule has 1 aromatic heterocycles. The molecule has 0 aliphatic rings. The number of H-pyrrole nitrogens is 1. The average molecular weight is 231 g/mol. The van der Waals surface area contributed by atoms with Gasteiger partial charge in [-0.05, 0) is 23.6 Å². The summed E-state index contributed by atoms with van der Waals surface area (Å²) < 4.78 is 0. The van der Waals surface area contributed by atoms with Gasteiger partial charge in [0.1, 0.15) is 0 Å². The van der Waals surface area contributed by atoms with Crippen LogP contribution < -0.4 is 11.1 Å². The molecule has 2 rings (SSSR count). The number of hydrogen-bond donors (Lipinski definition) is 3. The lowest BCUT2D eigenvalue weighted by molar-refractivity contribution is -0.117. The van der Waals surface area contributed by atoms with Gasteiger partial charge in [0, 0.05) is 30.2 Å². The molecule has 0 saturated carbocycles. The molecule has 88 valence electrons. The lowest BCUT2D eigenvalue weighted by atomic mass is 10.1. The normalized spacial score (nSPS) is 10.4. The van der Waals surface area contributed by atoms with Gasteiger partial charge in [0.2, 0.25) is 5.91 Å². The zero-order chi connectivity index (χ0) is 12.3. The molecule has 2 amide bonds. The lowest BCUT2D eigenvalue weighted by Crippen LogP contribution is -2.27. The largest absolute Gasteiger partial charge is 0.370 e. The highest BCUT2D eigenvalue weighted by Crippen LogP contribution is 2.13. The number of carbonyl (C=O) groups excluding carboxylic acids is 2. The van der Waals surface area contributed by atoms with Crippen LogP contribution in [0.1, 0.15) is 16.8 Å². The van der Waals surface area contributed by atoms with Crippen molar-refractivity contribution in [3.05, 3.63) is 36.0 Å². The number of aromatic nitrogens is 1. The summed E-state index contributed by atoms with van der Waals surface area (Å²) >= 11 is 0. The number of fused-ring (bicyclic) bond motifs is 1. The topological polar surface area (TPSA) is 88.0 Å². The first kappa shape index (κ1) is 11.2. The van der Waals surface area contributed by atoms with Crippen molar-refractivity contribution in [3.8, 4) is 0 Å². The second kappa shape index (κ2) is 4.69. The van der Waals surface area contributed by atoms with Gasteiger partial charge in [-0.1, -0.05) is 6.07 Å². The molecular formula is C12H13N3O2. The van der Waals surface area contributed by atoms with Crippen LogP contribution in [0.4, 0.5) is 0 Å². The lowest BCUT2D eigenvalue weighted by Gasteiger charge is -2.03. The Morgan fingerprint density at radius 1 is 1.29 bits per heavy atom. The Labute approximate surface area is 98.0 Å². The average Bonchev–Trinajstić information content (AvgIpc) is 2.75. The number of primary amides is 1. The zero-order valence-electron chi connectivity index (χ0n) is 9.19. The molecule has 0 saturated heterocycles. The number of carbonyl (C=O) groups is 2. The number of rotatable bonds is 4. The Hall–Kier alpha value is -2.30. The molecule has 0 fully saturated rings. The van der Waals surface area contributed by atoms with Crippen molar-refractivity contribution < 1.29 is 9.59 Å². The van der Waals surface area contributed by atoms with Gasteiger partial charge >= 0.3 is 0 Å². The zero-order valence-corrected chi connectivity index (χ0v) is 9.19. The Balaban J connectivity index is 2.05. The summed E-state index contributed by atoms with van der Waals surface area (Å²) in [5, 5.41) is 3.69. The molecule has 0 unspecified atom stereocenters. The van der Waals surface area contributed by atoms with Crippen LogP contribution in [0.3, 0.4) is 0 Å². The third-order valence-corrected chi connectivity index (χ3v) is 2.47. The van der Waals surface area contributed by atoms with Crippen molar-refractivity contribution in [1.29, 1.82) is 0 Å². The van der Waals surface area contributed by atoms with E-state index in [1.165, 1.54) is 0 Å². The standard InChI is InChI=1S/C12H13N3O2/c13-11(16)4-6-15-12(17)9-2-1-8-3-5-14-10(8)7-9/h1-3,5,7,14H,4,6H2,(H2,13,16)(H,15,17). The van der Waals surface area contributed by atoms with Crippen molar-refractivity contribution in [3.63, 3.8) is 0 Å². The molecule has 4 N–H and O–H groups in total. The van der Waals surface area contributed by atoms with Crippen LogP contribution in [0.25, 0.3) is 10.9 Å². The van der Waals surface area contributed by atoms with Crippen LogP contribution in [0, 0.1) is 0 Å². The van der Waals surface area contributed by atoms with Crippen LogP contribution in [-0.4, -0.2) is 23.3 Å². The fourth-order valence-electron chi connectivity index (χ4n) is 1.59. The first-order valence-corrected chi connectivity index (χ1v) is 5.30. The van der Waals surface area contributed by atoms with Crippen molar-refractivity contribution in [1.82, 2.24) is 10.3 Å². The third-order valence-electron chi connectivity index (χ3n) is 2.47. The minimum absolute atomic E-state index is 0.149. The number of nitrogens with one attached hydrogen (secondary N) is 2. The number of benzene rings is 1. The maximum atomic E-state index is 11.7. The fraction of sp³-hybridized carbons (Fsp3) is 0.167.